The molecule has 31 heavy (non-hydrogen) atoms. The van der Waals surface area contributed by atoms with E-state index in [9.17, 15) is 9.59 Å². The molecule has 1 heterocycles. The maximum atomic E-state index is 13.3. The summed E-state index contributed by atoms with van der Waals surface area (Å²) in [5.41, 5.74) is 3.44. The molecule has 3 aromatic carbocycles. The Balaban J connectivity index is 1.70. The number of benzene rings is 3. The van der Waals surface area contributed by atoms with E-state index in [4.69, 9.17) is 4.98 Å². The molecule has 1 aromatic heterocycles. The van der Waals surface area contributed by atoms with Crippen LogP contribution in [0.2, 0.25) is 0 Å². The Hall–Kier alpha value is -3.18. The average Bonchev–Trinajstić information content (AvgIpc) is 2.82. The zero-order valence-electron chi connectivity index (χ0n) is 17.6. The van der Waals surface area contributed by atoms with Gasteiger partial charge in [0.2, 0.25) is 0 Å². The smallest absolute Gasteiger partial charge is 0.262 e. The summed E-state index contributed by atoms with van der Waals surface area (Å²) in [6.07, 6.45) is 0.936. The van der Waals surface area contributed by atoms with Gasteiger partial charge in [0.05, 0.1) is 22.7 Å². The Labute approximate surface area is 186 Å². The van der Waals surface area contributed by atoms with Crippen LogP contribution in [-0.4, -0.2) is 20.6 Å². The first-order valence-corrected chi connectivity index (χ1v) is 11.3. The number of aromatic nitrogens is 2. The van der Waals surface area contributed by atoms with E-state index >= 15 is 0 Å². The predicted molar refractivity (Wildman–Crippen MR) is 127 cm³/mol. The van der Waals surface area contributed by atoms with Crippen LogP contribution in [0.4, 0.5) is 0 Å². The van der Waals surface area contributed by atoms with Crippen LogP contribution in [0.25, 0.3) is 10.9 Å². The van der Waals surface area contributed by atoms with Crippen molar-refractivity contribution < 1.29 is 4.79 Å². The third-order valence-electron chi connectivity index (χ3n) is 5.31. The Kier molecular flexibility index (Phi) is 6.33. The summed E-state index contributed by atoms with van der Waals surface area (Å²) in [6.45, 7) is 4.37. The molecule has 4 aromatic rings. The fourth-order valence-electron chi connectivity index (χ4n) is 3.49. The minimum atomic E-state index is -0.373. The zero-order valence-corrected chi connectivity index (χ0v) is 18.4. The SMILES string of the molecule is CCc1ccc(C(=O)C(C)Sc2nc3ccccc3c(=O)n2Cc2ccccc2)cc1. The molecule has 0 spiro atoms. The Bertz CT molecular complexity index is 1260. The van der Waals surface area contributed by atoms with Gasteiger partial charge in [-0.3, -0.25) is 14.2 Å². The van der Waals surface area contributed by atoms with E-state index in [-0.39, 0.29) is 16.6 Å². The molecule has 0 fully saturated rings. The molecule has 0 bridgehead atoms. The average molecular weight is 429 g/mol. The van der Waals surface area contributed by atoms with Crippen molar-refractivity contribution >= 4 is 28.4 Å². The summed E-state index contributed by atoms with van der Waals surface area (Å²) in [5, 5.41) is 0.762. The minimum Gasteiger partial charge on any atom is -0.293 e. The van der Waals surface area contributed by atoms with E-state index in [0.717, 1.165) is 12.0 Å². The van der Waals surface area contributed by atoms with Crippen LogP contribution in [0.1, 0.15) is 35.3 Å². The van der Waals surface area contributed by atoms with Gasteiger partial charge in [-0.15, -0.1) is 0 Å². The maximum absolute atomic E-state index is 13.3. The van der Waals surface area contributed by atoms with Crippen molar-refractivity contribution in [2.75, 3.05) is 0 Å². The van der Waals surface area contributed by atoms with Gasteiger partial charge in [-0.05, 0) is 36.6 Å². The lowest BCUT2D eigenvalue weighted by molar-refractivity contribution is 0.0994. The number of fused-ring (bicyclic) bond motifs is 1. The lowest BCUT2D eigenvalue weighted by atomic mass is 10.1. The van der Waals surface area contributed by atoms with Gasteiger partial charge in [0.25, 0.3) is 5.56 Å². The summed E-state index contributed by atoms with van der Waals surface area (Å²) < 4.78 is 1.67. The van der Waals surface area contributed by atoms with Crippen molar-refractivity contribution in [3.8, 4) is 0 Å². The summed E-state index contributed by atoms with van der Waals surface area (Å²) >= 11 is 1.33. The fraction of sp³-hybridized carbons (Fsp3) is 0.192. The molecule has 0 aliphatic rings. The third-order valence-corrected chi connectivity index (χ3v) is 6.40. The zero-order chi connectivity index (χ0) is 21.8. The van der Waals surface area contributed by atoms with Crippen LogP contribution in [0.5, 0.6) is 0 Å². The van der Waals surface area contributed by atoms with Gasteiger partial charge < -0.3 is 0 Å². The fourth-order valence-corrected chi connectivity index (χ4v) is 4.48. The first-order valence-electron chi connectivity index (χ1n) is 10.4. The van der Waals surface area contributed by atoms with Gasteiger partial charge >= 0.3 is 0 Å². The van der Waals surface area contributed by atoms with E-state index in [1.54, 1.807) is 10.6 Å². The van der Waals surface area contributed by atoms with Crippen molar-refractivity contribution in [1.29, 1.82) is 0 Å². The van der Waals surface area contributed by atoms with Gasteiger partial charge in [-0.2, -0.15) is 0 Å². The number of aryl methyl sites for hydroxylation is 1. The number of nitrogens with zero attached hydrogens (tertiary/aromatic N) is 2. The largest absolute Gasteiger partial charge is 0.293 e. The van der Waals surface area contributed by atoms with Gasteiger partial charge in [-0.1, -0.05) is 85.4 Å². The molecular formula is C26H24N2O2S. The molecule has 0 aliphatic heterocycles. The van der Waals surface area contributed by atoms with Crippen LogP contribution < -0.4 is 5.56 Å². The van der Waals surface area contributed by atoms with Crippen LogP contribution in [0.3, 0.4) is 0 Å². The second-order valence-corrected chi connectivity index (χ2v) is 8.77. The number of Topliss-reactive ketones (excluding diaryl/α,β-unsaturated/α-hetero) is 1. The lowest BCUT2D eigenvalue weighted by Crippen LogP contribution is -2.25. The van der Waals surface area contributed by atoms with Crippen molar-refractivity contribution in [2.24, 2.45) is 0 Å². The van der Waals surface area contributed by atoms with Crippen molar-refractivity contribution in [3.63, 3.8) is 0 Å². The quantitative estimate of drug-likeness (QED) is 0.226. The number of para-hydroxylation sites is 1. The Morgan fingerprint density at radius 1 is 0.935 bits per heavy atom. The topological polar surface area (TPSA) is 52.0 Å². The second-order valence-electron chi connectivity index (χ2n) is 7.46. The number of rotatable bonds is 7. The molecule has 0 amide bonds. The number of hydrogen-bond donors (Lipinski definition) is 0. The molecular weight excluding hydrogens is 404 g/mol. The molecule has 1 unspecified atom stereocenters. The molecule has 5 heteroatoms. The third kappa shape index (κ3) is 4.62. The predicted octanol–water partition coefficient (Wildman–Crippen LogP) is 5.37. The summed E-state index contributed by atoms with van der Waals surface area (Å²) in [6, 6.07) is 24.9. The molecule has 0 saturated heterocycles. The standard InChI is InChI=1S/C26H24N2O2S/c1-3-19-13-15-21(16-14-19)24(29)18(2)31-26-27-23-12-8-7-11-22(23)25(30)28(26)17-20-9-5-4-6-10-20/h4-16,18H,3,17H2,1-2H3. The molecule has 0 N–H and O–H groups in total. The van der Waals surface area contributed by atoms with E-state index in [0.29, 0.717) is 28.2 Å². The van der Waals surface area contributed by atoms with Crippen LogP contribution >= 0.6 is 11.8 Å². The first-order chi connectivity index (χ1) is 15.1. The summed E-state index contributed by atoms with van der Waals surface area (Å²) in [5.74, 6) is 0.0290. The first kappa shape index (κ1) is 21.1. The number of ketones is 1. The highest BCUT2D eigenvalue weighted by Crippen LogP contribution is 2.26. The van der Waals surface area contributed by atoms with Crippen molar-refractivity contribution in [2.45, 2.75) is 37.2 Å². The molecule has 0 saturated carbocycles. The number of hydrogen-bond acceptors (Lipinski definition) is 4. The monoisotopic (exact) mass is 428 g/mol. The Morgan fingerprint density at radius 3 is 2.32 bits per heavy atom. The van der Waals surface area contributed by atoms with E-state index in [1.165, 1.54) is 17.3 Å². The molecule has 156 valence electrons. The maximum Gasteiger partial charge on any atom is 0.262 e. The van der Waals surface area contributed by atoms with Gasteiger partial charge in [-0.25, -0.2) is 4.98 Å². The number of carbonyl (C=O) groups excluding carboxylic acids is 1. The van der Waals surface area contributed by atoms with Gasteiger partial charge in [0.15, 0.2) is 10.9 Å². The molecule has 4 nitrogen and oxygen atoms in total. The molecule has 4 rings (SSSR count). The van der Waals surface area contributed by atoms with Crippen molar-refractivity contribution in [3.05, 3.63) is 106 Å². The normalized spacial score (nSPS) is 12.1. The number of thioether (sulfide) groups is 1. The molecule has 0 radical (unpaired) electrons. The molecule has 0 aliphatic carbocycles. The van der Waals surface area contributed by atoms with Crippen LogP contribution in [-0.2, 0) is 13.0 Å². The van der Waals surface area contributed by atoms with Gasteiger partial charge in [0, 0.05) is 5.56 Å². The number of carbonyl (C=O) groups is 1. The van der Waals surface area contributed by atoms with E-state index < -0.39 is 0 Å². The minimum absolute atomic E-state index is 0.0290. The van der Waals surface area contributed by atoms with Crippen LogP contribution in [0.15, 0.2) is 88.8 Å². The van der Waals surface area contributed by atoms with Crippen molar-refractivity contribution in [1.82, 2.24) is 9.55 Å². The highest BCUT2D eigenvalue weighted by atomic mass is 32.2. The second kappa shape index (κ2) is 9.31. The highest BCUT2D eigenvalue weighted by molar-refractivity contribution is 8.00. The molecule has 1 atom stereocenters. The van der Waals surface area contributed by atoms with E-state index in [1.807, 2.05) is 79.7 Å². The van der Waals surface area contributed by atoms with E-state index in [2.05, 4.69) is 6.92 Å². The lowest BCUT2D eigenvalue weighted by Gasteiger charge is -2.16. The van der Waals surface area contributed by atoms with Crippen LogP contribution in [0, 0.1) is 0 Å². The summed E-state index contributed by atoms with van der Waals surface area (Å²) in [7, 11) is 0. The van der Waals surface area contributed by atoms with Gasteiger partial charge in [0.1, 0.15) is 0 Å². The highest BCUT2D eigenvalue weighted by Gasteiger charge is 2.21. The Morgan fingerprint density at radius 2 is 1.61 bits per heavy atom. The summed E-state index contributed by atoms with van der Waals surface area (Å²) in [4.78, 5) is 31.1.